The number of alkyl carbamates (subject to hydrolysis) is 1. The van der Waals surface area contributed by atoms with Gasteiger partial charge in [-0.15, -0.1) is 0 Å². The molecule has 0 saturated carbocycles. The van der Waals surface area contributed by atoms with E-state index in [-0.39, 0.29) is 65.5 Å². The summed E-state index contributed by atoms with van der Waals surface area (Å²) in [7, 11) is 4.36. The van der Waals surface area contributed by atoms with Gasteiger partial charge in [0.25, 0.3) is 6.47 Å². The summed E-state index contributed by atoms with van der Waals surface area (Å²) in [4.78, 5) is 67.5. The number of amides is 3. The number of benzene rings is 2. The predicted octanol–water partition coefficient (Wildman–Crippen LogP) is 6.46. The maximum absolute atomic E-state index is 16.5. The molecule has 6 heterocycles. The molecule has 2 aromatic carbocycles. The van der Waals surface area contributed by atoms with Gasteiger partial charge in [-0.3, -0.25) is 14.4 Å². The van der Waals surface area contributed by atoms with Crippen LogP contribution in [0.5, 0.6) is 5.75 Å². The normalized spacial score (nSPS) is 17.9. The summed E-state index contributed by atoms with van der Waals surface area (Å²) in [5, 5.41) is 6.09. The molecule has 16 nitrogen and oxygen atoms in total. The van der Waals surface area contributed by atoms with Crippen molar-refractivity contribution in [1.29, 1.82) is 0 Å². The number of nitrogens with one attached hydrogen (secondary N) is 4. The maximum atomic E-state index is 16.5. The highest BCUT2D eigenvalue weighted by Crippen LogP contribution is 2.45. The van der Waals surface area contributed by atoms with E-state index in [0.29, 0.717) is 71.0 Å². The third kappa shape index (κ3) is 8.22. The number of nitrogens with zero attached hydrogens (tertiary/aromatic N) is 5. The minimum absolute atomic E-state index is 0.0250. The Bertz CT molecular complexity index is 2460. The van der Waals surface area contributed by atoms with E-state index in [1.165, 1.54) is 20.3 Å². The molecule has 5 aromatic rings. The molecule has 4 atom stereocenters. The molecule has 0 radical (unpaired) electrons. The number of rotatable bonds is 11. The lowest BCUT2D eigenvalue weighted by Crippen LogP contribution is -2.51. The maximum Gasteiger partial charge on any atom is 0.407 e. The van der Waals surface area contributed by atoms with Crippen molar-refractivity contribution in [1.82, 2.24) is 44.9 Å². The minimum Gasteiger partial charge on any atom is -0.472 e. The Hall–Kier alpha value is -6.30. The Morgan fingerprint density at radius 1 is 0.871 bits per heavy atom. The van der Waals surface area contributed by atoms with Crippen molar-refractivity contribution >= 4 is 35.3 Å². The molecule has 2 saturated heterocycles. The number of imidazole rings is 2. The molecule has 3 aliphatic heterocycles. The Morgan fingerprint density at radius 3 is 2.00 bits per heavy atom. The van der Waals surface area contributed by atoms with E-state index >= 15 is 8.78 Å². The first-order valence-corrected chi connectivity index (χ1v) is 20.8. The first kappa shape index (κ1) is 43.8. The van der Waals surface area contributed by atoms with E-state index < -0.39 is 23.8 Å². The topological polar surface area (TPSA) is 189 Å². The number of methoxy groups -OCH3 is 2. The summed E-state index contributed by atoms with van der Waals surface area (Å²) in [6.45, 7) is 9.24. The molecule has 0 unspecified atom stereocenters. The van der Waals surface area contributed by atoms with Crippen molar-refractivity contribution in [3.05, 3.63) is 66.0 Å². The highest BCUT2D eigenvalue weighted by atomic mass is 19.1. The monoisotopic (exact) mass is 857 g/mol. The molecule has 0 spiro atoms. The lowest BCUT2D eigenvalue weighted by Gasteiger charge is -2.30. The zero-order valence-corrected chi connectivity index (χ0v) is 35.9. The van der Waals surface area contributed by atoms with Gasteiger partial charge in [-0.25, -0.2) is 23.5 Å². The van der Waals surface area contributed by atoms with E-state index in [9.17, 15) is 14.4 Å². The van der Waals surface area contributed by atoms with E-state index in [0.717, 1.165) is 19.3 Å². The second-order valence-electron chi connectivity index (χ2n) is 16.4. The number of fused-ring (bicyclic) bond motifs is 5. The molecule has 3 amide bonds. The van der Waals surface area contributed by atoms with Crippen LogP contribution >= 0.6 is 0 Å². The standard InChI is InChI=1S/C42H49F2N9O5.C2H4O2/c1-21(2)35(45-5)40(54)51-13-7-9-30(51)39-47-19-28(49-39)24-16-26(43)33-32(17-24)58-20-53-29-12-11-23(15-25(29)34(44)37(33)53)27-18-46-38(48-27)31-10-8-14-52(31)41(55)36(22(3)4)50-42(56)57-6;1-4-2-3/h11-12,15-19,21-22,30-31,35-36,45H,7-10,13-14,20H2,1-6H3,(H,46,48)(H,47,49)(H,50,56);2H,1H3/t30-,31-,35-,36-;/m0./s1. The van der Waals surface area contributed by atoms with Crippen molar-refractivity contribution < 1.29 is 42.2 Å². The number of aromatic nitrogens is 5. The average molecular weight is 858 g/mol. The zero-order valence-electron chi connectivity index (χ0n) is 35.9. The van der Waals surface area contributed by atoms with Crippen LogP contribution in [0.2, 0.25) is 0 Å². The van der Waals surface area contributed by atoms with Crippen LogP contribution in [0.3, 0.4) is 0 Å². The van der Waals surface area contributed by atoms with Gasteiger partial charge < -0.3 is 49.2 Å². The van der Waals surface area contributed by atoms with Gasteiger partial charge in [0.05, 0.1) is 72.9 Å². The fourth-order valence-electron chi connectivity index (χ4n) is 8.81. The van der Waals surface area contributed by atoms with Crippen molar-refractivity contribution in [2.45, 2.75) is 84.3 Å². The summed E-state index contributed by atoms with van der Waals surface area (Å²) >= 11 is 0. The number of likely N-dealkylation sites (N-methyl/N-ethyl adjacent to an activating group) is 1. The van der Waals surface area contributed by atoms with Crippen LogP contribution in [0, 0.1) is 23.5 Å². The minimum atomic E-state index is -0.759. The SMILES string of the molecule is CN[C@H](C(=O)N1CCC[C@H]1c1ncc(-c2cc(F)c3c(c2)OCn2c-3c(F)c3cc(-c4cnc([C@@H]5CCCN5C(=O)[C@@H](NC(=O)OC)C(C)C)[nH]4)ccc32)[nH]1)C(C)C.COC=O. The van der Waals surface area contributed by atoms with Crippen molar-refractivity contribution in [3.63, 3.8) is 0 Å². The lowest BCUT2D eigenvalue weighted by molar-refractivity contribution is -0.136. The van der Waals surface area contributed by atoms with Gasteiger partial charge in [0, 0.05) is 29.6 Å². The zero-order chi connectivity index (χ0) is 44.4. The van der Waals surface area contributed by atoms with Crippen LogP contribution in [-0.4, -0.2) is 105 Å². The van der Waals surface area contributed by atoms with Crippen molar-refractivity contribution in [2.75, 3.05) is 34.4 Å². The summed E-state index contributed by atoms with van der Waals surface area (Å²) in [6, 6.07) is 6.73. The Balaban J connectivity index is 0.00000139. The quantitative estimate of drug-likeness (QED) is 0.107. The number of hydrogen-bond donors (Lipinski definition) is 4. The fourth-order valence-corrected chi connectivity index (χ4v) is 8.81. The Morgan fingerprint density at radius 2 is 1.45 bits per heavy atom. The second kappa shape index (κ2) is 18.4. The molecule has 330 valence electrons. The highest BCUT2D eigenvalue weighted by Gasteiger charge is 2.39. The van der Waals surface area contributed by atoms with Crippen molar-refractivity contribution in [2.24, 2.45) is 11.8 Å². The van der Waals surface area contributed by atoms with Crippen LogP contribution < -0.4 is 15.4 Å². The van der Waals surface area contributed by atoms with Gasteiger partial charge in [-0.2, -0.15) is 0 Å². The number of halogens is 2. The molecule has 8 rings (SSSR count). The fraction of sp³-hybridized carbons (Fsp3) is 0.455. The van der Waals surface area contributed by atoms with Gasteiger partial charge in [0.1, 0.15) is 29.3 Å². The Labute approximate surface area is 357 Å². The number of ether oxygens (including phenoxy) is 3. The highest BCUT2D eigenvalue weighted by molar-refractivity contribution is 5.93. The van der Waals surface area contributed by atoms with Crippen LogP contribution in [0.4, 0.5) is 13.6 Å². The summed E-state index contributed by atoms with van der Waals surface area (Å²) < 4.78 is 49.1. The van der Waals surface area contributed by atoms with Crippen LogP contribution in [0.1, 0.15) is 77.1 Å². The smallest absolute Gasteiger partial charge is 0.407 e. The number of carbonyl (C=O) groups is 4. The first-order chi connectivity index (χ1) is 29.8. The second-order valence-corrected chi connectivity index (χ2v) is 16.4. The summed E-state index contributed by atoms with van der Waals surface area (Å²) in [5.41, 5.74) is 3.01. The molecule has 62 heavy (non-hydrogen) atoms. The summed E-state index contributed by atoms with van der Waals surface area (Å²) in [5.74, 6) is -0.0194. The molecular weight excluding hydrogens is 805 g/mol. The summed E-state index contributed by atoms with van der Waals surface area (Å²) in [6.07, 6.45) is 5.69. The van der Waals surface area contributed by atoms with Gasteiger partial charge >= 0.3 is 6.09 Å². The third-order valence-corrected chi connectivity index (χ3v) is 11.9. The number of aromatic amines is 2. The van der Waals surface area contributed by atoms with Crippen LogP contribution in [0.25, 0.3) is 44.7 Å². The average Bonchev–Trinajstić information content (AvgIpc) is 4.12. The van der Waals surface area contributed by atoms with E-state index in [4.69, 9.17) is 14.3 Å². The van der Waals surface area contributed by atoms with Crippen LogP contribution in [-0.2, 0) is 30.6 Å². The number of likely N-dealkylation sites (tertiary alicyclic amines) is 2. The largest absolute Gasteiger partial charge is 0.472 e. The van der Waals surface area contributed by atoms with Gasteiger partial charge in [-0.1, -0.05) is 33.8 Å². The molecule has 3 aromatic heterocycles. The van der Waals surface area contributed by atoms with E-state index in [1.54, 1.807) is 47.1 Å². The third-order valence-electron chi connectivity index (χ3n) is 11.9. The molecule has 3 aliphatic rings. The first-order valence-electron chi connectivity index (χ1n) is 20.8. The number of H-pyrrole nitrogens is 2. The van der Waals surface area contributed by atoms with Crippen molar-refractivity contribution in [3.8, 4) is 39.5 Å². The number of carbonyl (C=O) groups excluding carboxylic acids is 4. The molecule has 0 aliphatic carbocycles. The van der Waals surface area contributed by atoms with E-state index in [1.807, 2.05) is 38.7 Å². The molecule has 4 N–H and O–H groups in total. The van der Waals surface area contributed by atoms with Gasteiger partial charge in [0.2, 0.25) is 11.8 Å². The van der Waals surface area contributed by atoms with Crippen LogP contribution in [0.15, 0.2) is 42.7 Å². The molecule has 0 bridgehead atoms. The molecular formula is C44H53F2N9O7. The van der Waals surface area contributed by atoms with E-state index in [2.05, 4.69) is 35.3 Å². The van der Waals surface area contributed by atoms with Gasteiger partial charge in [0.15, 0.2) is 12.5 Å². The molecule has 18 heteroatoms. The number of hydrogen-bond acceptors (Lipinski definition) is 10. The Kier molecular flexibility index (Phi) is 13.0. The lowest BCUT2D eigenvalue weighted by atomic mass is 10.0. The van der Waals surface area contributed by atoms with Gasteiger partial charge in [-0.05, 0) is 68.8 Å². The predicted molar refractivity (Wildman–Crippen MR) is 225 cm³/mol. The molecule has 2 fully saturated rings.